The first-order chi connectivity index (χ1) is 18.7. The van der Waals surface area contributed by atoms with E-state index in [0.717, 1.165) is 11.3 Å². The van der Waals surface area contributed by atoms with Gasteiger partial charge >= 0.3 is 0 Å². The summed E-state index contributed by atoms with van der Waals surface area (Å²) in [6, 6.07) is 16.5. The van der Waals surface area contributed by atoms with Crippen LogP contribution in [0.25, 0.3) is 0 Å². The first-order valence-corrected chi connectivity index (χ1v) is 11.8. The molecular weight excluding hydrogens is 504 g/mol. The zero-order valence-corrected chi connectivity index (χ0v) is 20.9. The lowest BCUT2D eigenvalue weighted by Crippen LogP contribution is -2.51. The second kappa shape index (κ2) is 13.5. The second-order valence-electron chi connectivity index (χ2n) is 8.53. The standard InChI is InChI=1S/C28H28N4O7/c1-17(33)26(28(38)32-39)31-27(37)21-9-4-18(5-10-21)2-3-19-6-11-22(12-7-19)29-16-25(36)30-15-20-8-13-23(34)24(35)14-20/h4-14,17,26,29,33-35,39H,15-16H2,1H3,(H,30,36)(H,31,37)(H,32,38)/t17-,26+/m1/s1. The number of nitrogens with one attached hydrogen (secondary N) is 4. The van der Waals surface area contributed by atoms with Gasteiger partial charge in [0.25, 0.3) is 11.8 Å². The van der Waals surface area contributed by atoms with Gasteiger partial charge in [0.15, 0.2) is 11.5 Å². The summed E-state index contributed by atoms with van der Waals surface area (Å²) < 4.78 is 0. The lowest BCUT2D eigenvalue weighted by Gasteiger charge is -2.19. The fourth-order valence-electron chi connectivity index (χ4n) is 3.34. The number of hydrogen-bond donors (Lipinski definition) is 8. The van der Waals surface area contributed by atoms with Gasteiger partial charge in [-0.3, -0.25) is 19.6 Å². The fourth-order valence-corrected chi connectivity index (χ4v) is 3.34. The summed E-state index contributed by atoms with van der Waals surface area (Å²) in [5.74, 6) is 3.74. The number of aliphatic hydroxyl groups is 1. The normalized spacial score (nSPS) is 11.8. The van der Waals surface area contributed by atoms with E-state index in [1.807, 2.05) is 0 Å². The van der Waals surface area contributed by atoms with Gasteiger partial charge in [0, 0.05) is 28.9 Å². The summed E-state index contributed by atoms with van der Waals surface area (Å²) in [4.78, 5) is 36.0. The minimum Gasteiger partial charge on any atom is -0.504 e. The summed E-state index contributed by atoms with van der Waals surface area (Å²) in [5, 5.41) is 45.3. The molecule has 0 aliphatic rings. The van der Waals surface area contributed by atoms with E-state index in [1.54, 1.807) is 42.5 Å². The molecule has 0 heterocycles. The first-order valence-electron chi connectivity index (χ1n) is 11.8. The van der Waals surface area contributed by atoms with E-state index < -0.39 is 24.0 Å². The second-order valence-corrected chi connectivity index (χ2v) is 8.53. The molecular formula is C28H28N4O7. The molecule has 0 fully saturated rings. The molecule has 11 heteroatoms. The Morgan fingerprint density at radius 3 is 2.05 bits per heavy atom. The van der Waals surface area contributed by atoms with Gasteiger partial charge in [-0.1, -0.05) is 17.9 Å². The van der Waals surface area contributed by atoms with Gasteiger partial charge in [0.1, 0.15) is 6.04 Å². The van der Waals surface area contributed by atoms with Crippen molar-refractivity contribution in [1.82, 2.24) is 16.1 Å². The molecule has 11 nitrogen and oxygen atoms in total. The number of amides is 3. The Kier molecular flexibility index (Phi) is 9.86. The van der Waals surface area contributed by atoms with Crippen molar-refractivity contribution < 1.29 is 34.9 Å². The van der Waals surface area contributed by atoms with Gasteiger partial charge in [-0.25, -0.2) is 5.48 Å². The average Bonchev–Trinajstić information content (AvgIpc) is 2.94. The van der Waals surface area contributed by atoms with Crippen molar-refractivity contribution in [3.63, 3.8) is 0 Å². The third kappa shape index (κ3) is 8.50. The monoisotopic (exact) mass is 532 g/mol. The number of aromatic hydroxyl groups is 2. The van der Waals surface area contributed by atoms with Crippen molar-refractivity contribution in [2.24, 2.45) is 0 Å². The molecule has 0 spiro atoms. The van der Waals surface area contributed by atoms with Gasteiger partial charge in [-0.05, 0) is 73.2 Å². The van der Waals surface area contributed by atoms with Crippen molar-refractivity contribution in [3.8, 4) is 23.3 Å². The maximum Gasteiger partial charge on any atom is 0.268 e. The maximum absolute atomic E-state index is 12.4. The number of hydrogen-bond acceptors (Lipinski definition) is 8. The van der Waals surface area contributed by atoms with Crippen LogP contribution >= 0.6 is 0 Å². The molecule has 0 saturated heterocycles. The van der Waals surface area contributed by atoms with Crippen LogP contribution in [-0.2, 0) is 16.1 Å². The molecule has 0 bridgehead atoms. The number of hydroxylamine groups is 1. The van der Waals surface area contributed by atoms with Crippen LogP contribution < -0.4 is 21.4 Å². The molecule has 3 rings (SSSR count). The molecule has 0 aliphatic heterocycles. The molecule has 3 aromatic carbocycles. The average molecular weight is 533 g/mol. The van der Waals surface area contributed by atoms with Crippen molar-refractivity contribution in [3.05, 3.63) is 89.0 Å². The van der Waals surface area contributed by atoms with E-state index in [-0.39, 0.29) is 36.1 Å². The number of carbonyl (C=O) groups excluding carboxylic acids is 3. The predicted octanol–water partition coefficient (Wildman–Crippen LogP) is 1.21. The number of phenolic OH excluding ortho intramolecular Hbond substituents is 2. The Morgan fingerprint density at radius 2 is 1.49 bits per heavy atom. The predicted molar refractivity (Wildman–Crippen MR) is 142 cm³/mol. The highest BCUT2D eigenvalue weighted by Crippen LogP contribution is 2.24. The van der Waals surface area contributed by atoms with Gasteiger partial charge in [0.05, 0.1) is 12.6 Å². The van der Waals surface area contributed by atoms with Crippen LogP contribution in [0, 0.1) is 11.8 Å². The molecule has 8 N–H and O–H groups in total. The number of carbonyl (C=O) groups is 3. The summed E-state index contributed by atoms with van der Waals surface area (Å²) in [5.41, 5.74) is 4.40. The third-order valence-corrected chi connectivity index (χ3v) is 5.53. The Hall–Kier alpha value is -5.05. The van der Waals surface area contributed by atoms with Crippen LogP contribution in [0.4, 0.5) is 5.69 Å². The summed E-state index contributed by atoms with van der Waals surface area (Å²) in [6.07, 6.45) is -1.21. The Labute approximate surface area is 224 Å². The fraction of sp³-hybridized carbons (Fsp3) is 0.179. The van der Waals surface area contributed by atoms with E-state index in [2.05, 4.69) is 27.8 Å². The number of anilines is 1. The van der Waals surface area contributed by atoms with Crippen LogP contribution in [0.3, 0.4) is 0 Å². The van der Waals surface area contributed by atoms with E-state index >= 15 is 0 Å². The lowest BCUT2D eigenvalue weighted by molar-refractivity contribution is -0.133. The van der Waals surface area contributed by atoms with Gasteiger partial charge in [-0.15, -0.1) is 0 Å². The Bertz CT molecular complexity index is 1380. The Morgan fingerprint density at radius 1 is 0.872 bits per heavy atom. The molecule has 202 valence electrons. The van der Waals surface area contributed by atoms with Crippen LogP contribution in [0.1, 0.15) is 34.0 Å². The SMILES string of the molecule is C[C@@H](O)[C@H](NC(=O)c1ccc(C#Cc2ccc(NCC(=O)NCc3ccc(O)c(O)c3)cc2)cc1)C(=O)NO. The number of rotatable bonds is 9. The summed E-state index contributed by atoms with van der Waals surface area (Å²) in [6.45, 7) is 1.56. The van der Waals surface area contributed by atoms with Crippen molar-refractivity contribution in [2.75, 3.05) is 11.9 Å². The third-order valence-electron chi connectivity index (χ3n) is 5.53. The number of aliphatic hydroxyl groups excluding tert-OH is 1. The van der Waals surface area contributed by atoms with Crippen molar-refractivity contribution in [1.29, 1.82) is 0 Å². The maximum atomic E-state index is 12.4. The quantitative estimate of drug-likeness (QED) is 0.0876. The van der Waals surface area contributed by atoms with Crippen molar-refractivity contribution >= 4 is 23.4 Å². The van der Waals surface area contributed by atoms with Crippen LogP contribution in [-0.4, -0.2) is 56.9 Å². The zero-order valence-electron chi connectivity index (χ0n) is 20.9. The molecule has 3 aromatic rings. The largest absolute Gasteiger partial charge is 0.504 e. The highest BCUT2D eigenvalue weighted by molar-refractivity contribution is 5.97. The summed E-state index contributed by atoms with van der Waals surface area (Å²) in [7, 11) is 0. The van der Waals surface area contributed by atoms with Crippen LogP contribution in [0.5, 0.6) is 11.5 Å². The van der Waals surface area contributed by atoms with E-state index in [1.165, 1.54) is 36.7 Å². The van der Waals surface area contributed by atoms with Crippen LogP contribution in [0.15, 0.2) is 66.7 Å². The topological polar surface area (TPSA) is 180 Å². The number of benzene rings is 3. The number of phenols is 2. The van der Waals surface area contributed by atoms with Crippen molar-refractivity contribution in [2.45, 2.75) is 25.6 Å². The smallest absolute Gasteiger partial charge is 0.268 e. The van der Waals surface area contributed by atoms with Gasteiger partial charge in [0.2, 0.25) is 5.91 Å². The first kappa shape index (κ1) is 28.5. The molecule has 0 radical (unpaired) electrons. The Balaban J connectivity index is 1.49. The molecule has 39 heavy (non-hydrogen) atoms. The molecule has 0 aliphatic carbocycles. The molecule has 0 aromatic heterocycles. The van der Waals surface area contributed by atoms with E-state index in [4.69, 9.17) is 5.21 Å². The molecule has 0 unspecified atom stereocenters. The zero-order chi connectivity index (χ0) is 28.4. The summed E-state index contributed by atoms with van der Waals surface area (Å²) >= 11 is 0. The van der Waals surface area contributed by atoms with E-state index in [0.29, 0.717) is 11.1 Å². The molecule has 3 amide bonds. The highest BCUT2D eigenvalue weighted by atomic mass is 16.5. The van der Waals surface area contributed by atoms with Crippen LogP contribution in [0.2, 0.25) is 0 Å². The minimum atomic E-state index is -1.31. The molecule has 0 saturated carbocycles. The minimum absolute atomic E-state index is 0.0393. The highest BCUT2D eigenvalue weighted by Gasteiger charge is 2.25. The van der Waals surface area contributed by atoms with Gasteiger partial charge < -0.3 is 31.3 Å². The molecule has 2 atom stereocenters. The van der Waals surface area contributed by atoms with Gasteiger partial charge in [-0.2, -0.15) is 0 Å². The lowest BCUT2D eigenvalue weighted by atomic mass is 10.1. The van der Waals surface area contributed by atoms with E-state index in [9.17, 15) is 29.7 Å².